The molecule has 0 aromatic heterocycles. The Balaban J connectivity index is 2.21. The molecule has 0 fully saturated rings. The quantitative estimate of drug-likeness (QED) is 0.937. The third kappa shape index (κ3) is 3.82. The summed E-state index contributed by atoms with van der Waals surface area (Å²) in [6.45, 7) is 5.64. The van der Waals surface area contributed by atoms with Crippen molar-refractivity contribution in [1.82, 2.24) is 4.90 Å². The summed E-state index contributed by atoms with van der Waals surface area (Å²) in [5.41, 5.74) is 0.120. The first-order valence-electron chi connectivity index (χ1n) is 7.24. The summed E-state index contributed by atoms with van der Waals surface area (Å²) in [5, 5.41) is 12.1. The van der Waals surface area contributed by atoms with E-state index in [1.54, 1.807) is 25.8 Å². The third-order valence-electron chi connectivity index (χ3n) is 3.64. The van der Waals surface area contributed by atoms with Gasteiger partial charge in [-0.15, -0.1) is 0 Å². The zero-order valence-corrected chi connectivity index (χ0v) is 13.1. The van der Waals surface area contributed by atoms with Crippen LogP contribution >= 0.6 is 0 Å². The van der Waals surface area contributed by atoms with Gasteiger partial charge >= 0.3 is 0 Å². The lowest BCUT2D eigenvalue weighted by atomic mass is 9.96. The van der Waals surface area contributed by atoms with E-state index in [-0.39, 0.29) is 11.8 Å². The average Bonchev–Trinajstić information content (AvgIpc) is 2.43. The van der Waals surface area contributed by atoms with Gasteiger partial charge in [-0.3, -0.25) is 4.79 Å². The van der Waals surface area contributed by atoms with E-state index in [1.165, 1.54) is 5.39 Å². The van der Waals surface area contributed by atoms with E-state index in [0.717, 1.165) is 10.9 Å². The first kappa shape index (κ1) is 15.5. The Bertz CT molecular complexity index is 643. The molecule has 2 aromatic carbocycles. The van der Waals surface area contributed by atoms with E-state index in [1.807, 2.05) is 31.2 Å². The number of carbonyl (C=O) groups excluding carboxylic acids is 1. The zero-order valence-electron chi connectivity index (χ0n) is 13.1. The van der Waals surface area contributed by atoms with Crippen LogP contribution in [0.4, 0.5) is 0 Å². The van der Waals surface area contributed by atoms with E-state index >= 15 is 0 Å². The van der Waals surface area contributed by atoms with Crippen LogP contribution in [0.5, 0.6) is 0 Å². The van der Waals surface area contributed by atoms with Crippen LogP contribution in [0.15, 0.2) is 42.5 Å². The maximum atomic E-state index is 12.5. The van der Waals surface area contributed by atoms with Gasteiger partial charge in [0, 0.05) is 13.6 Å². The van der Waals surface area contributed by atoms with Crippen LogP contribution in [-0.2, 0) is 4.79 Å². The summed E-state index contributed by atoms with van der Waals surface area (Å²) >= 11 is 0. The number of carbonyl (C=O) groups is 1. The normalized spacial score (nSPS) is 13.2. The molecule has 3 nitrogen and oxygen atoms in total. The number of aliphatic hydroxyl groups is 1. The Labute approximate surface area is 126 Å². The molecule has 0 heterocycles. The fraction of sp³-hybridized carbons (Fsp3) is 0.389. The minimum Gasteiger partial charge on any atom is -0.389 e. The molecule has 0 radical (unpaired) electrons. The van der Waals surface area contributed by atoms with E-state index in [9.17, 15) is 9.90 Å². The van der Waals surface area contributed by atoms with E-state index in [0.29, 0.717) is 6.54 Å². The Morgan fingerprint density at radius 1 is 1.19 bits per heavy atom. The fourth-order valence-corrected chi connectivity index (χ4v) is 2.61. The molecule has 3 heteroatoms. The van der Waals surface area contributed by atoms with Gasteiger partial charge in [0.25, 0.3) is 0 Å². The lowest BCUT2D eigenvalue weighted by Gasteiger charge is -2.28. The van der Waals surface area contributed by atoms with Crippen molar-refractivity contribution >= 4 is 16.7 Å². The van der Waals surface area contributed by atoms with Crippen LogP contribution in [0, 0.1) is 0 Å². The van der Waals surface area contributed by atoms with Gasteiger partial charge in [-0.25, -0.2) is 0 Å². The summed E-state index contributed by atoms with van der Waals surface area (Å²) in [6, 6.07) is 14.2. The molecule has 0 aliphatic rings. The molecule has 0 aliphatic carbocycles. The van der Waals surface area contributed by atoms with Crippen molar-refractivity contribution in [2.24, 2.45) is 0 Å². The molecule has 0 aliphatic heterocycles. The summed E-state index contributed by atoms with van der Waals surface area (Å²) in [6.07, 6.45) is 0. The van der Waals surface area contributed by atoms with Crippen LogP contribution in [0.25, 0.3) is 10.8 Å². The lowest BCUT2D eigenvalue weighted by molar-refractivity contribution is -0.133. The predicted octanol–water partition coefficient (Wildman–Crippen LogP) is 3.17. The van der Waals surface area contributed by atoms with Gasteiger partial charge in [-0.1, -0.05) is 42.5 Å². The molecular formula is C18H23NO2. The zero-order chi connectivity index (χ0) is 15.6. The van der Waals surface area contributed by atoms with Crippen molar-refractivity contribution in [3.63, 3.8) is 0 Å². The lowest BCUT2D eigenvalue weighted by Crippen LogP contribution is -2.41. The van der Waals surface area contributed by atoms with E-state index in [4.69, 9.17) is 0 Å². The van der Waals surface area contributed by atoms with Gasteiger partial charge in [0.05, 0.1) is 11.5 Å². The summed E-state index contributed by atoms with van der Waals surface area (Å²) in [7, 11) is 1.73. The van der Waals surface area contributed by atoms with Crippen LogP contribution in [0.2, 0.25) is 0 Å². The number of rotatable bonds is 4. The number of fused-ring (bicyclic) bond motifs is 1. The molecule has 1 atom stereocenters. The Morgan fingerprint density at radius 3 is 2.43 bits per heavy atom. The summed E-state index contributed by atoms with van der Waals surface area (Å²) < 4.78 is 0. The average molecular weight is 285 g/mol. The predicted molar refractivity (Wildman–Crippen MR) is 86.3 cm³/mol. The minimum atomic E-state index is -0.881. The molecule has 112 valence electrons. The number of likely N-dealkylation sites (N-methyl/N-ethyl adjacent to an activating group) is 1. The number of hydrogen-bond acceptors (Lipinski definition) is 2. The second-order valence-electron chi connectivity index (χ2n) is 6.34. The van der Waals surface area contributed by atoms with Crippen molar-refractivity contribution in [3.05, 3.63) is 48.0 Å². The molecular weight excluding hydrogens is 262 g/mol. The molecule has 2 rings (SSSR count). The van der Waals surface area contributed by atoms with Gasteiger partial charge in [0.15, 0.2) is 0 Å². The Kier molecular flexibility index (Phi) is 4.33. The first-order valence-corrected chi connectivity index (χ1v) is 7.24. The number of hydrogen-bond donors (Lipinski definition) is 1. The molecule has 1 amide bonds. The smallest absolute Gasteiger partial charge is 0.229 e. The second-order valence-corrected chi connectivity index (χ2v) is 6.34. The second kappa shape index (κ2) is 5.86. The topological polar surface area (TPSA) is 40.5 Å². The Hall–Kier alpha value is -1.87. The number of nitrogens with zero attached hydrogens (tertiary/aromatic N) is 1. The van der Waals surface area contributed by atoms with Crippen molar-refractivity contribution in [2.45, 2.75) is 32.3 Å². The third-order valence-corrected chi connectivity index (χ3v) is 3.64. The van der Waals surface area contributed by atoms with Crippen molar-refractivity contribution in [1.29, 1.82) is 0 Å². The van der Waals surface area contributed by atoms with Crippen LogP contribution in [0.3, 0.4) is 0 Å². The van der Waals surface area contributed by atoms with E-state index in [2.05, 4.69) is 18.2 Å². The molecule has 21 heavy (non-hydrogen) atoms. The summed E-state index contributed by atoms with van der Waals surface area (Å²) in [5.74, 6) is -0.200. The van der Waals surface area contributed by atoms with Gasteiger partial charge in [-0.05, 0) is 37.1 Å². The molecule has 0 saturated carbocycles. The number of amides is 1. The molecule has 2 aromatic rings. The molecule has 0 saturated heterocycles. The largest absolute Gasteiger partial charge is 0.389 e. The van der Waals surface area contributed by atoms with Gasteiger partial charge < -0.3 is 10.0 Å². The number of benzene rings is 2. The maximum Gasteiger partial charge on any atom is 0.229 e. The van der Waals surface area contributed by atoms with Crippen molar-refractivity contribution < 1.29 is 9.90 Å². The van der Waals surface area contributed by atoms with Crippen LogP contribution < -0.4 is 0 Å². The van der Waals surface area contributed by atoms with Crippen LogP contribution in [-0.4, -0.2) is 35.1 Å². The fourth-order valence-electron chi connectivity index (χ4n) is 2.61. The van der Waals surface area contributed by atoms with Gasteiger partial charge in [0.1, 0.15) is 0 Å². The van der Waals surface area contributed by atoms with Gasteiger partial charge in [0.2, 0.25) is 5.91 Å². The standard InChI is InChI=1S/C18H23NO2/c1-13(17(20)19(4)12-18(2,3)21)15-10-9-14-7-5-6-8-16(14)11-15/h5-11,13,21H,12H2,1-4H3. The highest BCUT2D eigenvalue weighted by Gasteiger charge is 2.24. The summed E-state index contributed by atoms with van der Waals surface area (Å²) in [4.78, 5) is 14.1. The van der Waals surface area contributed by atoms with Crippen molar-refractivity contribution in [3.8, 4) is 0 Å². The monoisotopic (exact) mass is 285 g/mol. The van der Waals surface area contributed by atoms with Crippen LogP contribution in [0.1, 0.15) is 32.3 Å². The molecule has 0 bridgehead atoms. The first-order chi connectivity index (χ1) is 9.78. The maximum absolute atomic E-state index is 12.5. The minimum absolute atomic E-state index is 0.0207. The van der Waals surface area contributed by atoms with E-state index < -0.39 is 5.60 Å². The van der Waals surface area contributed by atoms with Crippen molar-refractivity contribution in [2.75, 3.05) is 13.6 Å². The van der Waals surface area contributed by atoms with Gasteiger partial charge in [-0.2, -0.15) is 0 Å². The SMILES string of the molecule is CC(C(=O)N(C)CC(C)(C)O)c1ccc2ccccc2c1. The molecule has 0 spiro atoms. The molecule has 1 unspecified atom stereocenters. The molecule has 1 N–H and O–H groups in total. The highest BCUT2D eigenvalue weighted by atomic mass is 16.3. The Morgan fingerprint density at radius 2 is 1.81 bits per heavy atom. The highest BCUT2D eigenvalue weighted by Crippen LogP contribution is 2.23. The highest BCUT2D eigenvalue weighted by molar-refractivity contribution is 5.87.